The molecule has 0 bridgehead atoms. The highest BCUT2D eigenvalue weighted by molar-refractivity contribution is 6.12. The normalized spacial score (nSPS) is 11.4. The zero-order valence-electron chi connectivity index (χ0n) is 41.7. The van der Waals surface area contributed by atoms with Crippen LogP contribution < -0.4 is 0 Å². The maximum Gasteiger partial charge on any atom is 0.166 e. The number of nitrogens with zero attached hydrogens (tertiary/aromatic N) is 7. The van der Waals surface area contributed by atoms with E-state index in [1.165, 1.54) is 44.5 Å². The van der Waals surface area contributed by atoms with Crippen molar-refractivity contribution < 1.29 is 0 Å². The summed E-state index contributed by atoms with van der Waals surface area (Å²) in [4.78, 5) is 31.4. The van der Waals surface area contributed by atoms with Gasteiger partial charge in [0.05, 0.1) is 16.7 Å². The first-order valence-corrected chi connectivity index (χ1v) is 24.8. The van der Waals surface area contributed by atoms with Crippen molar-refractivity contribution in [3.63, 3.8) is 0 Å². The minimum atomic E-state index is 0.517. The first-order chi connectivity index (χ1) is 35.6. The van der Waals surface area contributed by atoms with Crippen LogP contribution >= 0.6 is 0 Å². The summed E-state index contributed by atoms with van der Waals surface area (Å²) < 4.78 is 2.42. The Labute approximate surface area is 425 Å². The lowest BCUT2D eigenvalue weighted by Gasteiger charge is -2.18. The van der Waals surface area contributed by atoms with Gasteiger partial charge >= 0.3 is 0 Å². The average Bonchev–Trinajstić information content (AvgIpc) is 3.74. The molecule has 0 radical (unpaired) electrons. The number of fused-ring (bicyclic) bond motifs is 3. The maximum atomic E-state index is 5.40. The SMILES string of the molecule is Cc1cc(C)c(-c2ccc3c4ccc(-c5c(C)cc(C)cc5C)cc4n(-c4ccc(-c5nc(-c6ccccc6)nc(-c6ccccc6)n5)cc4-c4nc(-c5ccccc5)nc(-c5ccccc5)n4)c3c2)c(C)c1. The third kappa shape index (κ3) is 8.44. The summed E-state index contributed by atoms with van der Waals surface area (Å²) in [5.41, 5.74) is 20.4. The summed E-state index contributed by atoms with van der Waals surface area (Å²) in [6, 6.07) is 69.9. The van der Waals surface area contributed by atoms with E-state index in [1.807, 2.05) is 121 Å². The molecule has 350 valence electrons. The third-order valence-corrected chi connectivity index (χ3v) is 13.8. The molecule has 12 rings (SSSR count). The zero-order chi connectivity index (χ0) is 49.7. The van der Waals surface area contributed by atoms with Gasteiger partial charge in [-0.25, -0.2) is 29.9 Å². The molecule has 0 aliphatic carbocycles. The molecular weight excluding hydrogens is 891 g/mol. The molecule has 0 unspecified atom stereocenters. The Hall–Kier alpha value is -9.20. The fourth-order valence-electron chi connectivity index (χ4n) is 10.8. The Morgan fingerprint density at radius 1 is 0.274 bits per heavy atom. The van der Waals surface area contributed by atoms with Crippen LogP contribution in [-0.2, 0) is 0 Å². The van der Waals surface area contributed by atoms with Crippen molar-refractivity contribution >= 4 is 21.8 Å². The number of aromatic nitrogens is 7. The van der Waals surface area contributed by atoms with Gasteiger partial charge in [0.15, 0.2) is 34.9 Å². The van der Waals surface area contributed by atoms with Gasteiger partial charge in [0.25, 0.3) is 0 Å². The second kappa shape index (κ2) is 18.5. The standard InChI is InChI=1S/C66H51N7/c1-40-33-42(3)59(43(4)34-40)50-27-30-53-54-31-28-51(60-44(5)35-41(2)36-45(60)6)39-58(54)73(57(53)38-50)56-32-29-52(65-69-61(46-19-11-7-12-20-46)67-62(70-65)47-21-13-8-14-22-47)37-55(56)66-71-63(48-23-15-9-16-24-48)68-64(72-66)49-25-17-10-18-26-49/h7-39H,1-6H3. The fourth-order valence-corrected chi connectivity index (χ4v) is 10.8. The van der Waals surface area contributed by atoms with E-state index in [2.05, 4.69) is 125 Å². The molecule has 0 fully saturated rings. The second-order valence-electron chi connectivity index (χ2n) is 19.2. The summed E-state index contributed by atoms with van der Waals surface area (Å²) in [5, 5.41) is 2.28. The summed E-state index contributed by atoms with van der Waals surface area (Å²) in [5.74, 6) is 3.35. The van der Waals surface area contributed by atoms with E-state index in [0.717, 1.165) is 72.0 Å². The lowest BCUT2D eigenvalue weighted by Crippen LogP contribution is -2.05. The zero-order valence-corrected chi connectivity index (χ0v) is 41.7. The molecule has 0 N–H and O–H groups in total. The molecule has 12 aromatic rings. The van der Waals surface area contributed by atoms with E-state index < -0.39 is 0 Å². The van der Waals surface area contributed by atoms with Crippen LogP contribution in [0.4, 0.5) is 0 Å². The van der Waals surface area contributed by atoms with E-state index in [-0.39, 0.29) is 0 Å². The van der Waals surface area contributed by atoms with E-state index >= 15 is 0 Å². The number of hydrogen-bond donors (Lipinski definition) is 0. The highest BCUT2D eigenvalue weighted by Crippen LogP contribution is 2.42. The summed E-state index contributed by atoms with van der Waals surface area (Å²) in [6.07, 6.45) is 0. The van der Waals surface area contributed by atoms with E-state index in [1.54, 1.807) is 0 Å². The van der Waals surface area contributed by atoms with E-state index in [4.69, 9.17) is 29.9 Å². The van der Waals surface area contributed by atoms with Gasteiger partial charge < -0.3 is 4.57 Å². The monoisotopic (exact) mass is 941 g/mol. The molecule has 3 heterocycles. The Balaban J connectivity index is 1.19. The van der Waals surface area contributed by atoms with E-state index in [0.29, 0.717) is 34.9 Å². The Kier molecular flexibility index (Phi) is 11.4. The highest BCUT2D eigenvalue weighted by atomic mass is 15.1. The quantitative estimate of drug-likeness (QED) is 0.143. The van der Waals surface area contributed by atoms with Gasteiger partial charge in [-0.15, -0.1) is 0 Å². The van der Waals surface area contributed by atoms with Crippen molar-refractivity contribution in [2.24, 2.45) is 0 Å². The molecule has 0 saturated carbocycles. The van der Waals surface area contributed by atoms with Crippen molar-refractivity contribution in [2.45, 2.75) is 41.5 Å². The van der Waals surface area contributed by atoms with Crippen molar-refractivity contribution in [3.8, 4) is 96.3 Å². The van der Waals surface area contributed by atoms with Crippen LogP contribution in [0.25, 0.3) is 118 Å². The minimum absolute atomic E-state index is 0.517. The van der Waals surface area contributed by atoms with Crippen LogP contribution in [0, 0.1) is 41.5 Å². The molecule has 0 aliphatic rings. The Bertz CT molecular complexity index is 3790. The van der Waals surface area contributed by atoms with Gasteiger partial charge in [0.2, 0.25) is 0 Å². The molecule has 7 heteroatoms. The largest absolute Gasteiger partial charge is 0.308 e. The van der Waals surface area contributed by atoms with Crippen LogP contribution in [0.15, 0.2) is 200 Å². The van der Waals surface area contributed by atoms with Gasteiger partial charge in [-0.1, -0.05) is 181 Å². The van der Waals surface area contributed by atoms with Crippen molar-refractivity contribution in [1.29, 1.82) is 0 Å². The highest BCUT2D eigenvalue weighted by Gasteiger charge is 2.24. The number of benzene rings is 9. The fraction of sp³-hybridized carbons (Fsp3) is 0.0909. The van der Waals surface area contributed by atoms with Crippen LogP contribution in [0.3, 0.4) is 0 Å². The molecule has 0 saturated heterocycles. The van der Waals surface area contributed by atoms with Gasteiger partial charge in [-0.2, -0.15) is 0 Å². The molecule has 3 aromatic heterocycles. The topological polar surface area (TPSA) is 82.3 Å². The predicted octanol–water partition coefficient (Wildman–Crippen LogP) is 16.3. The summed E-state index contributed by atoms with van der Waals surface area (Å²) in [7, 11) is 0. The summed E-state index contributed by atoms with van der Waals surface area (Å²) in [6.45, 7) is 13.2. The van der Waals surface area contributed by atoms with Crippen molar-refractivity contribution in [3.05, 3.63) is 234 Å². The molecule has 0 amide bonds. The molecule has 9 aromatic carbocycles. The average molecular weight is 942 g/mol. The summed E-state index contributed by atoms with van der Waals surface area (Å²) >= 11 is 0. The minimum Gasteiger partial charge on any atom is -0.308 e. The van der Waals surface area contributed by atoms with Gasteiger partial charge in [-0.05, 0) is 116 Å². The van der Waals surface area contributed by atoms with Gasteiger partial charge in [0, 0.05) is 44.2 Å². The number of rotatable bonds is 9. The molecule has 73 heavy (non-hydrogen) atoms. The molecule has 0 spiro atoms. The molecule has 0 aliphatic heterocycles. The molecule has 0 atom stereocenters. The Morgan fingerprint density at radius 3 is 0.945 bits per heavy atom. The third-order valence-electron chi connectivity index (χ3n) is 13.8. The maximum absolute atomic E-state index is 5.40. The van der Waals surface area contributed by atoms with E-state index in [9.17, 15) is 0 Å². The second-order valence-corrected chi connectivity index (χ2v) is 19.2. The lowest BCUT2D eigenvalue weighted by molar-refractivity contribution is 1.06. The van der Waals surface area contributed by atoms with Crippen molar-refractivity contribution in [2.75, 3.05) is 0 Å². The Morgan fingerprint density at radius 2 is 0.589 bits per heavy atom. The van der Waals surface area contributed by atoms with Crippen LogP contribution in [0.2, 0.25) is 0 Å². The van der Waals surface area contributed by atoms with Crippen LogP contribution in [-0.4, -0.2) is 34.5 Å². The number of aryl methyl sites for hydroxylation is 6. The number of hydrogen-bond acceptors (Lipinski definition) is 6. The van der Waals surface area contributed by atoms with Gasteiger partial charge in [0.1, 0.15) is 0 Å². The lowest BCUT2D eigenvalue weighted by atomic mass is 9.92. The smallest absolute Gasteiger partial charge is 0.166 e. The van der Waals surface area contributed by atoms with Crippen molar-refractivity contribution in [1.82, 2.24) is 34.5 Å². The van der Waals surface area contributed by atoms with Crippen LogP contribution in [0.5, 0.6) is 0 Å². The van der Waals surface area contributed by atoms with Gasteiger partial charge in [-0.3, -0.25) is 0 Å². The molecular formula is C66H51N7. The predicted molar refractivity (Wildman–Crippen MR) is 299 cm³/mol. The first kappa shape index (κ1) is 45.0. The van der Waals surface area contributed by atoms with Crippen LogP contribution in [0.1, 0.15) is 33.4 Å². The molecule has 7 nitrogen and oxygen atoms in total. The first-order valence-electron chi connectivity index (χ1n) is 24.8.